The van der Waals surface area contributed by atoms with Crippen molar-refractivity contribution in [2.24, 2.45) is 10.4 Å². The number of halogens is 1. The van der Waals surface area contributed by atoms with Gasteiger partial charge >= 0.3 is 0 Å². The molecule has 0 unspecified atom stereocenters. The minimum Gasteiger partial charge on any atom is -0.497 e. The lowest BCUT2D eigenvalue weighted by molar-refractivity contribution is -0.128. The lowest BCUT2D eigenvalue weighted by Crippen LogP contribution is -2.41. The zero-order chi connectivity index (χ0) is 18.0. The SMILES string of the molecule is CCNC(=NCC(C)(C)C(=O)NC)NCCc1ccc(OC)cc1.I. The zero-order valence-corrected chi connectivity index (χ0v) is 18.1. The predicted molar refractivity (Wildman–Crippen MR) is 114 cm³/mol. The van der Waals surface area contributed by atoms with Crippen molar-refractivity contribution in [1.29, 1.82) is 0 Å². The first-order chi connectivity index (χ1) is 11.4. The average Bonchev–Trinajstić information content (AvgIpc) is 2.59. The number of carbonyl (C=O) groups excluding carboxylic acids is 1. The quantitative estimate of drug-likeness (QED) is 0.315. The zero-order valence-electron chi connectivity index (χ0n) is 15.8. The van der Waals surface area contributed by atoms with Gasteiger partial charge in [-0.25, -0.2) is 0 Å². The molecule has 1 aromatic rings. The van der Waals surface area contributed by atoms with E-state index in [0.717, 1.165) is 31.2 Å². The summed E-state index contributed by atoms with van der Waals surface area (Å²) < 4.78 is 5.16. The van der Waals surface area contributed by atoms with E-state index in [9.17, 15) is 4.79 Å². The number of carbonyl (C=O) groups is 1. The highest BCUT2D eigenvalue weighted by atomic mass is 127. The number of hydrogen-bond donors (Lipinski definition) is 3. The standard InChI is InChI=1S/C18H30N4O2.HI/c1-6-20-17(22-13-18(2,3)16(23)19-4)21-12-11-14-7-9-15(24-5)10-8-14;/h7-10H,6,11-13H2,1-5H3,(H,19,23)(H2,20,21,22);1H. The Hall–Kier alpha value is -1.51. The van der Waals surface area contributed by atoms with Crippen LogP contribution >= 0.6 is 24.0 Å². The molecular weight excluding hydrogens is 431 g/mol. The van der Waals surface area contributed by atoms with Crippen molar-refractivity contribution in [3.8, 4) is 5.75 Å². The summed E-state index contributed by atoms with van der Waals surface area (Å²) in [5.74, 6) is 1.57. The molecule has 7 heteroatoms. The summed E-state index contributed by atoms with van der Waals surface area (Å²) in [7, 11) is 3.31. The fourth-order valence-corrected chi connectivity index (χ4v) is 2.15. The third kappa shape index (κ3) is 8.42. The van der Waals surface area contributed by atoms with E-state index in [1.165, 1.54) is 5.56 Å². The van der Waals surface area contributed by atoms with Crippen molar-refractivity contribution in [2.45, 2.75) is 27.2 Å². The Kier molecular flexibility index (Phi) is 11.2. The second kappa shape index (κ2) is 11.9. The van der Waals surface area contributed by atoms with Crippen molar-refractivity contribution < 1.29 is 9.53 Å². The number of rotatable bonds is 8. The summed E-state index contributed by atoms with van der Waals surface area (Å²) in [6.45, 7) is 7.74. The van der Waals surface area contributed by atoms with Crippen LogP contribution in [0.5, 0.6) is 5.75 Å². The van der Waals surface area contributed by atoms with E-state index in [0.29, 0.717) is 6.54 Å². The Bertz CT molecular complexity index is 545. The van der Waals surface area contributed by atoms with Gasteiger partial charge in [0.2, 0.25) is 5.91 Å². The van der Waals surface area contributed by atoms with Crippen LogP contribution in [0, 0.1) is 5.41 Å². The Morgan fingerprint density at radius 3 is 2.36 bits per heavy atom. The van der Waals surface area contributed by atoms with Crippen molar-refractivity contribution in [3.63, 3.8) is 0 Å². The third-order valence-electron chi connectivity index (χ3n) is 3.68. The highest BCUT2D eigenvalue weighted by Crippen LogP contribution is 2.15. The van der Waals surface area contributed by atoms with Crippen LogP contribution < -0.4 is 20.7 Å². The Morgan fingerprint density at radius 1 is 1.20 bits per heavy atom. The maximum atomic E-state index is 11.8. The number of aliphatic imine (C=N–C) groups is 1. The fourth-order valence-electron chi connectivity index (χ4n) is 2.15. The average molecular weight is 462 g/mol. The third-order valence-corrected chi connectivity index (χ3v) is 3.68. The largest absolute Gasteiger partial charge is 0.497 e. The smallest absolute Gasteiger partial charge is 0.227 e. The lowest BCUT2D eigenvalue weighted by atomic mass is 9.93. The number of nitrogens with one attached hydrogen (secondary N) is 3. The lowest BCUT2D eigenvalue weighted by Gasteiger charge is -2.21. The first kappa shape index (κ1) is 23.5. The molecule has 1 aromatic carbocycles. The van der Waals surface area contributed by atoms with Crippen LogP contribution in [0.4, 0.5) is 0 Å². The molecule has 0 fully saturated rings. The molecule has 0 saturated carbocycles. The van der Waals surface area contributed by atoms with Crippen molar-refractivity contribution in [1.82, 2.24) is 16.0 Å². The van der Waals surface area contributed by atoms with E-state index in [2.05, 4.69) is 33.1 Å². The van der Waals surface area contributed by atoms with Gasteiger partial charge in [-0.15, -0.1) is 24.0 Å². The molecule has 1 amide bonds. The van der Waals surface area contributed by atoms with Gasteiger partial charge in [0.05, 0.1) is 19.1 Å². The molecule has 0 atom stereocenters. The molecule has 6 nitrogen and oxygen atoms in total. The van der Waals surface area contributed by atoms with Gasteiger partial charge in [0.25, 0.3) is 0 Å². The van der Waals surface area contributed by atoms with E-state index < -0.39 is 5.41 Å². The summed E-state index contributed by atoms with van der Waals surface area (Å²) in [4.78, 5) is 16.4. The maximum absolute atomic E-state index is 11.8. The molecule has 0 aliphatic heterocycles. The van der Waals surface area contributed by atoms with E-state index in [1.54, 1.807) is 14.2 Å². The topological polar surface area (TPSA) is 74.8 Å². The summed E-state index contributed by atoms with van der Waals surface area (Å²) in [5.41, 5.74) is 0.692. The predicted octanol–water partition coefficient (Wildman–Crippen LogP) is 2.18. The molecule has 0 radical (unpaired) electrons. The van der Waals surface area contributed by atoms with Gasteiger partial charge in [-0.05, 0) is 44.9 Å². The van der Waals surface area contributed by atoms with E-state index in [-0.39, 0.29) is 29.9 Å². The number of benzene rings is 1. The van der Waals surface area contributed by atoms with Crippen LogP contribution in [-0.4, -0.2) is 45.7 Å². The van der Waals surface area contributed by atoms with Crippen LogP contribution in [0.2, 0.25) is 0 Å². The summed E-state index contributed by atoms with van der Waals surface area (Å²) in [6.07, 6.45) is 0.882. The number of methoxy groups -OCH3 is 1. The molecular formula is C18H31IN4O2. The Balaban J connectivity index is 0.00000576. The summed E-state index contributed by atoms with van der Waals surface area (Å²) in [6, 6.07) is 8.03. The number of hydrogen-bond acceptors (Lipinski definition) is 3. The molecule has 0 spiro atoms. The molecule has 3 N–H and O–H groups in total. The number of guanidine groups is 1. The molecule has 0 aliphatic rings. The van der Waals surface area contributed by atoms with Gasteiger partial charge in [0.15, 0.2) is 5.96 Å². The van der Waals surface area contributed by atoms with Crippen LogP contribution in [0.25, 0.3) is 0 Å². The van der Waals surface area contributed by atoms with Crippen LogP contribution in [0.15, 0.2) is 29.3 Å². The minimum atomic E-state index is -0.535. The highest BCUT2D eigenvalue weighted by Gasteiger charge is 2.26. The van der Waals surface area contributed by atoms with Gasteiger partial charge in [-0.1, -0.05) is 12.1 Å². The molecule has 0 heterocycles. The fraction of sp³-hybridized carbons (Fsp3) is 0.556. The molecule has 0 aliphatic carbocycles. The van der Waals surface area contributed by atoms with E-state index >= 15 is 0 Å². The van der Waals surface area contributed by atoms with E-state index in [4.69, 9.17) is 4.74 Å². The van der Waals surface area contributed by atoms with Crippen LogP contribution in [0.3, 0.4) is 0 Å². The summed E-state index contributed by atoms with van der Waals surface area (Å²) >= 11 is 0. The van der Waals surface area contributed by atoms with Gasteiger partial charge < -0.3 is 20.7 Å². The molecule has 1 rings (SSSR count). The number of amides is 1. The highest BCUT2D eigenvalue weighted by molar-refractivity contribution is 14.0. The monoisotopic (exact) mass is 462 g/mol. The Morgan fingerprint density at radius 2 is 1.84 bits per heavy atom. The second-order valence-electron chi connectivity index (χ2n) is 6.18. The van der Waals surface area contributed by atoms with Gasteiger partial charge in [-0.2, -0.15) is 0 Å². The van der Waals surface area contributed by atoms with Gasteiger partial charge in [0.1, 0.15) is 5.75 Å². The molecule has 0 bridgehead atoms. The number of ether oxygens (including phenoxy) is 1. The molecule has 142 valence electrons. The first-order valence-corrected chi connectivity index (χ1v) is 8.30. The molecule has 0 saturated heterocycles. The van der Waals surface area contributed by atoms with Gasteiger partial charge in [0, 0.05) is 20.1 Å². The Labute approximate surface area is 168 Å². The maximum Gasteiger partial charge on any atom is 0.227 e. The van der Waals surface area contributed by atoms with Crippen LogP contribution in [0.1, 0.15) is 26.3 Å². The van der Waals surface area contributed by atoms with Crippen molar-refractivity contribution in [3.05, 3.63) is 29.8 Å². The molecule has 0 aromatic heterocycles. The van der Waals surface area contributed by atoms with E-state index in [1.807, 2.05) is 32.9 Å². The van der Waals surface area contributed by atoms with Gasteiger partial charge in [-0.3, -0.25) is 9.79 Å². The van der Waals surface area contributed by atoms with Crippen LogP contribution in [-0.2, 0) is 11.2 Å². The minimum absolute atomic E-state index is 0. The number of nitrogens with zero attached hydrogens (tertiary/aromatic N) is 1. The summed E-state index contributed by atoms with van der Waals surface area (Å²) in [5, 5.41) is 9.18. The first-order valence-electron chi connectivity index (χ1n) is 8.30. The second-order valence-corrected chi connectivity index (χ2v) is 6.18. The van der Waals surface area contributed by atoms with Crippen molar-refractivity contribution >= 4 is 35.8 Å². The normalized spacial score (nSPS) is 11.3. The molecule has 25 heavy (non-hydrogen) atoms. The van der Waals surface area contributed by atoms with Crippen molar-refractivity contribution in [2.75, 3.05) is 33.8 Å².